The molecule has 1 rings (SSSR count). The van der Waals surface area contributed by atoms with E-state index in [0.717, 1.165) is 0 Å². The number of rotatable bonds is 3. The van der Waals surface area contributed by atoms with E-state index in [-0.39, 0.29) is 6.20 Å². The number of nitro groups is 1. The van der Waals surface area contributed by atoms with E-state index in [1.54, 1.807) is 0 Å². The molecule has 0 saturated carbocycles. The summed E-state index contributed by atoms with van der Waals surface area (Å²) in [4.78, 5) is 11.6. The zero-order valence-corrected chi connectivity index (χ0v) is 9.33. The fraction of sp³-hybridized carbons (Fsp3) is 0.167. The van der Waals surface area contributed by atoms with E-state index < -0.39 is 43.6 Å². The van der Waals surface area contributed by atoms with Crippen LogP contribution >= 0.6 is 0 Å². The zero-order chi connectivity index (χ0) is 15.0. The fourth-order valence-corrected chi connectivity index (χ4v) is 1.56. The van der Waals surface area contributed by atoms with E-state index >= 15 is 0 Å². The van der Waals surface area contributed by atoms with Crippen LogP contribution in [0.5, 0.6) is 5.75 Å². The first-order valence-electron chi connectivity index (χ1n) is 4.05. The molecule has 0 saturated heterocycles. The van der Waals surface area contributed by atoms with E-state index in [2.05, 4.69) is 14.9 Å². The molecule has 0 atom stereocenters. The minimum absolute atomic E-state index is 0.0362. The van der Waals surface area contributed by atoms with Crippen LogP contribution in [0.3, 0.4) is 0 Å². The second-order valence-corrected chi connectivity index (χ2v) is 4.42. The monoisotopic (exact) mass is 305 g/mol. The van der Waals surface area contributed by atoms with Crippen LogP contribution in [0, 0.1) is 15.9 Å². The van der Waals surface area contributed by atoms with Gasteiger partial charge in [0.1, 0.15) is 0 Å². The summed E-state index contributed by atoms with van der Waals surface area (Å²) >= 11 is 0. The normalized spacial score (nSPS) is 12.3. The molecule has 0 spiro atoms. The van der Waals surface area contributed by atoms with Crippen molar-refractivity contribution in [3.63, 3.8) is 0 Å². The van der Waals surface area contributed by atoms with Crippen molar-refractivity contribution < 1.29 is 35.6 Å². The Labute approximate surface area is 102 Å². The molecule has 0 aliphatic rings. The third-order valence-corrected chi connectivity index (χ3v) is 2.43. The Morgan fingerprint density at radius 1 is 1.42 bits per heavy atom. The number of hydrogen-bond donors (Lipinski definition) is 1. The van der Waals surface area contributed by atoms with E-state index in [9.17, 15) is 36.1 Å². The lowest BCUT2D eigenvalue weighted by Crippen LogP contribution is -2.21. The zero-order valence-electron chi connectivity index (χ0n) is 8.51. The molecule has 13 heteroatoms. The third-order valence-electron chi connectivity index (χ3n) is 1.61. The van der Waals surface area contributed by atoms with E-state index in [1.165, 1.54) is 0 Å². The number of hydrogen-bond acceptors (Lipinski definition) is 6. The molecule has 106 valence electrons. The molecule has 2 N–H and O–H groups in total. The van der Waals surface area contributed by atoms with E-state index in [0.29, 0.717) is 0 Å². The summed E-state index contributed by atoms with van der Waals surface area (Å²) in [6.07, 6.45) is -5.31. The number of sulfonamides is 1. The smallest absolute Gasteiger partial charge is 0.397 e. The highest BCUT2D eigenvalue weighted by molar-refractivity contribution is 7.89. The van der Waals surface area contributed by atoms with Gasteiger partial charge in [0.25, 0.3) is 10.0 Å². The van der Waals surface area contributed by atoms with Crippen molar-refractivity contribution >= 4 is 15.7 Å². The van der Waals surface area contributed by atoms with Crippen molar-refractivity contribution in [1.29, 1.82) is 0 Å². The quantitative estimate of drug-likeness (QED) is 0.497. The average Bonchev–Trinajstić information content (AvgIpc) is 2.11. The first-order chi connectivity index (χ1) is 8.43. The van der Waals surface area contributed by atoms with Gasteiger partial charge in [0.15, 0.2) is 0 Å². The fourth-order valence-electron chi connectivity index (χ4n) is 1.01. The van der Waals surface area contributed by atoms with Crippen molar-refractivity contribution in [2.75, 3.05) is 0 Å². The molecule has 1 aromatic rings. The van der Waals surface area contributed by atoms with Gasteiger partial charge >= 0.3 is 12.0 Å². The van der Waals surface area contributed by atoms with Gasteiger partial charge in [-0.25, -0.2) is 18.5 Å². The molecule has 19 heavy (non-hydrogen) atoms. The van der Waals surface area contributed by atoms with Gasteiger partial charge in [-0.15, -0.1) is 13.2 Å². The van der Waals surface area contributed by atoms with Crippen molar-refractivity contribution in [2.24, 2.45) is 5.14 Å². The second kappa shape index (κ2) is 4.58. The minimum Gasteiger partial charge on any atom is -0.397 e. The Morgan fingerprint density at radius 3 is 2.32 bits per heavy atom. The van der Waals surface area contributed by atoms with Gasteiger partial charge in [-0.1, -0.05) is 0 Å². The first kappa shape index (κ1) is 15.0. The largest absolute Gasteiger partial charge is 0.573 e. The number of halogens is 4. The molecule has 0 fully saturated rings. The summed E-state index contributed by atoms with van der Waals surface area (Å²) in [6, 6.07) is 0. The molecule has 0 bridgehead atoms. The number of nitrogens with zero attached hydrogens (tertiary/aromatic N) is 2. The molecule has 1 aromatic heterocycles. The Balaban J connectivity index is 3.54. The molecule has 1 heterocycles. The van der Waals surface area contributed by atoms with E-state index in [1.807, 2.05) is 0 Å². The Bertz CT molecular complexity index is 628. The maximum atomic E-state index is 13.4. The lowest BCUT2D eigenvalue weighted by atomic mass is 10.4. The molecule has 0 aliphatic heterocycles. The van der Waals surface area contributed by atoms with Crippen molar-refractivity contribution in [2.45, 2.75) is 11.4 Å². The van der Waals surface area contributed by atoms with Gasteiger partial charge in [-0.2, -0.15) is 4.39 Å². The van der Waals surface area contributed by atoms with E-state index in [4.69, 9.17) is 0 Å². The number of alkyl halides is 3. The van der Waals surface area contributed by atoms with Crippen molar-refractivity contribution in [1.82, 2.24) is 4.98 Å². The standard InChI is InChI=1S/C6H3F4N3O5S/c7-3-4(13(14)15)2(18-6(8,9)10)1-12-5(3)19(11,16)17/h1H,(H2,11,16,17). The Hall–Kier alpha value is -2.02. The van der Waals surface area contributed by atoms with Gasteiger partial charge < -0.3 is 4.74 Å². The SMILES string of the molecule is NS(=O)(=O)c1ncc(OC(F)(F)F)c([N+](=O)[O-])c1F. The summed E-state index contributed by atoms with van der Waals surface area (Å²) in [7, 11) is -4.78. The molecule has 0 aliphatic carbocycles. The highest BCUT2D eigenvalue weighted by atomic mass is 32.2. The van der Waals surface area contributed by atoms with Crippen LogP contribution in [0.15, 0.2) is 11.2 Å². The van der Waals surface area contributed by atoms with Crippen LogP contribution in [-0.4, -0.2) is 24.7 Å². The lowest BCUT2D eigenvalue weighted by Gasteiger charge is -2.09. The number of primary sulfonamides is 1. The predicted molar refractivity (Wildman–Crippen MR) is 48.9 cm³/mol. The van der Waals surface area contributed by atoms with Crippen LogP contribution < -0.4 is 9.88 Å². The summed E-state index contributed by atoms with van der Waals surface area (Å²) in [5, 5.41) is 13.4. The molecule has 0 aromatic carbocycles. The summed E-state index contributed by atoms with van der Waals surface area (Å²) < 4.78 is 74.0. The first-order valence-corrected chi connectivity index (χ1v) is 5.59. The second-order valence-electron chi connectivity index (χ2n) is 2.94. The summed E-state index contributed by atoms with van der Waals surface area (Å²) in [5.74, 6) is -3.74. The highest BCUT2D eigenvalue weighted by Crippen LogP contribution is 2.35. The van der Waals surface area contributed by atoms with Crippen LogP contribution in [0.2, 0.25) is 0 Å². The molecular weight excluding hydrogens is 302 g/mol. The van der Waals surface area contributed by atoms with Crippen molar-refractivity contribution in [3.05, 3.63) is 22.1 Å². The number of pyridine rings is 1. The van der Waals surface area contributed by atoms with Crippen LogP contribution in [0.1, 0.15) is 0 Å². The molecule has 0 amide bonds. The van der Waals surface area contributed by atoms with Gasteiger partial charge in [-0.05, 0) is 0 Å². The van der Waals surface area contributed by atoms with Gasteiger partial charge in [0.05, 0.1) is 11.1 Å². The van der Waals surface area contributed by atoms with Crippen LogP contribution in [-0.2, 0) is 10.0 Å². The maximum absolute atomic E-state index is 13.4. The highest BCUT2D eigenvalue weighted by Gasteiger charge is 2.38. The molecule has 0 radical (unpaired) electrons. The van der Waals surface area contributed by atoms with Crippen LogP contribution in [0.25, 0.3) is 0 Å². The van der Waals surface area contributed by atoms with Gasteiger partial charge in [-0.3, -0.25) is 10.1 Å². The average molecular weight is 305 g/mol. The topological polar surface area (TPSA) is 125 Å². The Morgan fingerprint density at radius 2 is 1.95 bits per heavy atom. The lowest BCUT2D eigenvalue weighted by molar-refractivity contribution is -0.391. The number of aromatic nitrogens is 1. The Kier molecular flexibility index (Phi) is 3.63. The molecule has 8 nitrogen and oxygen atoms in total. The molecular formula is C6H3F4N3O5S. The minimum atomic E-state index is -5.35. The summed E-state index contributed by atoms with van der Waals surface area (Å²) in [6.45, 7) is 0. The van der Waals surface area contributed by atoms with Crippen molar-refractivity contribution in [3.8, 4) is 5.75 Å². The van der Waals surface area contributed by atoms with Gasteiger partial charge in [0.2, 0.25) is 16.6 Å². The maximum Gasteiger partial charge on any atom is 0.573 e. The molecule has 0 unspecified atom stereocenters. The number of ether oxygens (including phenoxy) is 1. The van der Waals surface area contributed by atoms with Crippen LogP contribution in [0.4, 0.5) is 23.2 Å². The summed E-state index contributed by atoms with van der Waals surface area (Å²) in [5.41, 5.74) is -1.84. The predicted octanol–water partition coefficient (Wildman–Crippen LogP) is 0.675. The van der Waals surface area contributed by atoms with Gasteiger partial charge in [0, 0.05) is 0 Å². The third kappa shape index (κ3) is 3.47. The number of nitrogens with two attached hydrogens (primary N) is 1.